The van der Waals surface area contributed by atoms with E-state index in [-0.39, 0.29) is 0 Å². The summed E-state index contributed by atoms with van der Waals surface area (Å²) >= 11 is 0. The molecule has 0 saturated heterocycles. The summed E-state index contributed by atoms with van der Waals surface area (Å²) in [6, 6.07) is 13.9. The van der Waals surface area contributed by atoms with Crippen molar-refractivity contribution in [2.75, 3.05) is 5.32 Å². The predicted molar refractivity (Wildman–Crippen MR) is 74.3 cm³/mol. The SMILES string of the molecule is Cc1ccc(CNc2ccccc2-n2cccn2)o1. The first kappa shape index (κ1) is 11.6. The summed E-state index contributed by atoms with van der Waals surface area (Å²) in [5.41, 5.74) is 2.05. The molecule has 96 valence electrons. The number of furan rings is 1. The highest BCUT2D eigenvalue weighted by molar-refractivity contribution is 5.60. The molecule has 0 saturated carbocycles. The van der Waals surface area contributed by atoms with Crippen LogP contribution in [0.25, 0.3) is 5.69 Å². The van der Waals surface area contributed by atoms with Crippen molar-refractivity contribution in [1.82, 2.24) is 9.78 Å². The molecule has 1 aromatic carbocycles. The molecule has 3 aromatic rings. The van der Waals surface area contributed by atoms with Crippen LogP contribution in [-0.2, 0) is 6.54 Å². The summed E-state index contributed by atoms with van der Waals surface area (Å²) in [4.78, 5) is 0. The lowest BCUT2D eigenvalue weighted by Crippen LogP contribution is -2.04. The Hall–Kier alpha value is -2.49. The summed E-state index contributed by atoms with van der Waals surface area (Å²) in [7, 11) is 0. The molecular formula is C15H15N3O. The number of aromatic nitrogens is 2. The van der Waals surface area contributed by atoms with Gasteiger partial charge in [0, 0.05) is 12.4 Å². The van der Waals surface area contributed by atoms with Crippen LogP contribution in [0.2, 0.25) is 0 Å². The molecule has 2 aromatic heterocycles. The minimum absolute atomic E-state index is 0.659. The first-order chi connectivity index (χ1) is 9.33. The second-order valence-corrected chi connectivity index (χ2v) is 4.33. The average molecular weight is 253 g/mol. The molecule has 3 rings (SSSR count). The first-order valence-corrected chi connectivity index (χ1v) is 6.21. The topological polar surface area (TPSA) is 43.0 Å². The molecule has 0 spiro atoms. The Morgan fingerprint density at radius 3 is 2.79 bits per heavy atom. The van der Waals surface area contributed by atoms with Crippen molar-refractivity contribution in [3.63, 3.8) is 0 Å². The average Bonchev–Trinajstić information content (AvgIpc) is 3.08. The smallest absolute Gasteiger partial charge is 0.123 e. The molecule has 1 N–H and O–H groups in total. The fraction of sp³-hybridized carbons (Fsp3) is 0.133. The third kappa shape index (κ3) is 2.52. The van der Waals surface area contributed by atoms with Gasteiger partial charge in [-0.1, -0.05) is 12.1 Å². The monoisotopic (exact) mass is 253 g/mol. The minimum Gasteiger partial charge on any atom is -0.465 e. The zero-order valence-electron chi connectivity index (χ0n) is 10.7. The van der Waals surface area contributed by atoms with Crippen molar-refractivity contribution in [2.24, 2.45) is 0 Å². The van der Waals surface area contributed by atoms with E-state index in [1.807, 2.05) is 60.3 Å². The summed E-state index contributed by atoms with van der Waals surface area (Å²) in [6.45, 7) is 2.60. The lowest BCUT2D eigenvalue weighted by Gasteiger charge is -2.10. The van der Waals surface area contributed by atoms with E-state index < -0.39 is 0 Å². The molecule has 0 bridgehead atoms. The fourth-order valence-electron chi connectivity index (χ4n) is 2.00. The number of nitrogens with zero attached hydrogens (tertiary/aromatic N) is 2. The molecule has 4 heteroatoms. The Bertz CT molecular complexity index is 656. The van der Waals surface area contributed by atoms with Gasteiger partial charge in [0.15, 0.2) is 0 Å². The number of hydrogen-bond acceptors (Lipinski definition) is 3. The molecule has 0 aliphatic carbocycles. The second-order valence-electron chi connectivity index (χ2n) is 4.33. The molecule has 0 aliphatic rings. The maximum absolute atomic E-state index is 5.55. The van der Waals surface area contributed by atoms with Gasteiger partial charge in [0.1, 0.15) is 11.5 Å². The molecular weight excluding hydrogens is 238 g/mol. The van der Waals surface area contributed by atoms with Crippen LogP contribution in [-0.4, -0.2) is 9.78 Å². The third-order valence-corrected chi connectivity index (χ3v) is 2.90. The van der Waals surface area contributed by atoms with Crippen LogP contribution in [0.3, 0.4) is 0 Å². The molecule has 0 amide bonds. The molecule has 19 heavy (non-hydrogen) atoms. The van der Waals surface area contributed by atoms with Crippen LogP contribution < -0.4 is 5.32 Å². The lowest BCUT2D eigenvalue weighted by atomic mass is 10.2. The van der Waals surface area contributed by atoms with Gasteiger partial charge in [0.2, 0.25) is 0 Å². The van der Waals surface area contributed by atoms with Crippen LogP contribution in [0.4, 0.5) is 5.69 Å². The Morgan fingerprint density at radius 2 is 2.05 bits per heavy atom. The summed E-state index contributed by atoms with van der Waals surface area (Å²) in [5.74, 6) is 1.85. The van der Waals surface area contributed by atoms with Crippen LogP contribution >= 0.6 is 0 Å². The highest BCUT2D eigenvalue weighted by atomic mass is 16.3. The Labute approximate surface area is 111 Å². The molecule has 0 unspecified atom stereocenters. The first-order valence-electron chi connectivity index (χ1n) is 6.21. The molecule has 4 nitrogen and oxygen atoms in total. The van der Waals surface area contributed by atoms with Gasteiger partial charge in [-0.25, -0.2) is 4.68 Å². The number of aryl methyl sites for hydroxylation is 1. The predicted octanol–water partition coefficient (Wildman–Crippen LogP) is 3.39. The van der Waals surface area contributed by atoms with Crippen LogP contribution in [0.15, 0.2) is 59.3 Å². The Balaban J connectivity index is 1.81. The van der Waals surface area contributed by atoms with Crippen molar-refractivity contribution >= 4 is 5.69 Å². The van der Waals surface area contributed by atoms with E-state index in [0.29, 0.717) is 6.54 Å². The summed E-state index contributed by atoms with van der Waals surface area (Å²) < 4.78 is 7.39. The highest BCUT2D eigenvalue weighted by Gasteiger charge is 2.05. The largest absolute Gasteiger partial charge is 0.465 e. The minimum atomic E-state index is 0.659. The number of hydrogen-bond donors (Lipinski definition) is 1. The normalized spacial score (nSPS) is 10.6. The zero-order chi connectivity index (χ0) is 13.1. The van der Waals surface area contributed by atoms with E-state index >= 15 is 0 Å². The van der Waals surface area contributed by atoms with Crippen LogP contribution in [0.5, 0.6) is 0 Å². The number of nitrogens with one attached hydrogen (secondary N) is 1. The number of benzene rings is 1. The standard InChI is InChI=1S/C15H15N3O/c1-12-7-8-13(19-12)11-16-14-5-2-3-6-15(14)18-10-4-9-17-18/h2-10,16H,11H2,1H3. The highest BCUT2D eigenvalue weighted by Crippen LogP contribution is 2.20. The maximum Gasteiger partial charge on any atom is 0.123 e. The van der Waals surface area contributed by atoms with Crippen molar-refractivity contribution < 1.29 is 4.42 Å². The molecule has 0 atom stereocenters. The van der Waals surface area contributed by atoms with Gasteiger partial charge in [-0.05, 0) is 37.3 Å². The quantitative estimate of drug-likeness (QED) is 0.775. The van der Waals surface area contributed by atoms with Gasteiger partial charge in [-0.3, -0.25) is 0 Å². The number of para-hydroxylation sites is 2. The van der Waals surface area contributed by atoms with Gasteiger partial charge in [0.25, 0.3) is 0 Å². The zero-order valence-corrected chi connectivity index (χ0v) is 10.7. The fourth-order valence-corrected chi connectivity index (χ4v) is 2.00. The van der Waals surface area contributed by atoms with Crippen LogP contribution in [0.1, 0.15) is 11.5 Å². The van der Waals surface area contributed by atoms with Gasteiger partial charge >= 0.3 is 0 Å². The summed E-state index contributed by atoms with van der Waals surface area (Å²) in [6.07, 6.45) is 3.70. The number of anilines is 1. The summed E-state index contributed by atoms with van der Waals surface area (Å²) in [5, 5.41) is 7.64. The lowest BCUT2D eigenvalue weighted by molar-refractivity contribution is 0.490. The van der Waals surface area contributed by atoms with Gasteiger partial charge in [-0.15, -0.1) is 0 Å². The molecule has 0 aliphatic heterocycles. The number of rotatable bonds is 4. The molecule has 2 heterocycles. The second kappa shape index (κ2) is 5.02. The van der Waals surface area contributed by atoms with Gasteiger partial charge < -0.3 is 9.73 Å². The van der Waals surface area contributed by atoms with E-state index in [1.54, 1.807) is 6.20 Å². The maximum atomic E-state index is 5.55. The Morgan fingerprint density at radius 1 is 1.16 bits per heavy atom. The van der Waals surface area contributed by atoms with Crippen molar-refractivity contribution in [3.8, 4) is 5.69 Å². The van der Waals surface area contributed by atoms with Crippen molar-refractivity contribution in [3.05, 3.63) is 66.4 Å². The van der Waals surface area contributed by atoms with Crippen molar-refractivity contribution in [2.45, 2.75) is 13.5 Å². The van der Waals surface area contributed by atoms with E-state index in [4.69, 9.17) is 4.42 Å². The Kier molecular flexibility index (Phi) is 3.06. The van der Waals surface area contributed by atoms with Gasteiger partial charge in [0.05, 0.1) is 17.9 Å². The van der Waals surface area contributed by atoms with Crippen molar-refractivity contribution in [1.29, 1.82) is 0 Å². The van der Waals surface area contributed by atoms with E-state index in [2.05, 4.69) is 10.4 Å². The molecule has 0 radical (unpaired) electrons. The van der Waals surface area contributed by atoms with E-state index in [0.717, 1.165) is 22.9 Å². The van der Waals surface area contributed by atoms with Gasteiger partial charge in [-0.2, -0.15) is 5.10 Å². The van der Waals surface area contributed by atoms with Crippen LogP contribution in [0, 0.1) is 6.92 Å². The van der Waals surface area contributed by atoms with E-state index in [1.165, 1.54) is 0 Å². The third-order valence-electron chi connectivity index (χ3n) is 2.90. The molecule has 0 fully saturated rings. The van der Waals surface area contributed by atoms with E-state index in [9.17, 15) is 0 Å².